The highest BCUT2D eigenvalue weighted by atomic mass is 31.2. The SMILES string of the molecule is Cc1ccc(/C=C(\CP(=O)(O)O)C(=O)O)cc1. The second kappa shape index (κ2) is 5.27. The van der Waals surface area contributed by atoms with Gasteiger partial charge in [0.2, 0.25) is 0 Å². The van der Waals surface area contributed by atoms with Crippen LogP contribution in [-0.2, 0) is 9.36 Å². The minimum Gasteiger partial charge on any atom is -0.478 e. The number of aryl methyl sites for hydroxylation is 1. The van der Waals surface area contributed by atoms with Crippen molar-refractivity contribution in [1.29, 1.82) is 0 Å². The van der Waals surface area contributed by atoms with E-state index in [-0.39, 0.29) is 5.57 Å². The molecule has 3 N–H and O–H groups in total. The van der Waals surface area contributed by atoms with Crippen LogP contribution in [0.2, 0.25) is 0 Å². The van der Waals surface area contributed by atoms with Crippen LogP contribution in [0.15, 0.2) is 29.8 Å². The van der Waals surface area contributed by atoms with Crippen molar-refractivity contribution in [1.82, 2.24) is 0 Å². The number of hydrogen-bond acceptors (Lipinski definition) is 2. The molecule has 0 bridgehead atoms. The zero-order valence-corrected chi connectivity index (χ0v) is 10.1. The summed E-state index contributed by atoms with van der Waals surface area (Å²) >= 11 is 0. The molecule has 1 aromatic carbocycles. The number of carboxylic acids is 1. The summed E-state index contributed by atoms with van der Waals surface area (Å²) in [5.41, 5.74) is 1.32. The van der Waals surface area contributed by atoms with E-state index in [1.54, 1.807) is 24.3 Å². The lowest BCUT2D eigenvalue weighted by molar-refractivity contribution is -0.132. The molecule has 1 rings (SSSR count). The first-order valence-electron chi connectivity index (χ1n) is 4.83. The van der Waals surface area contributed by atoms with Gasteiger partial charge in [-0.1, -0.05) is 29.8 Å². The van der Waals surface area contributed by atoms with Gasteiger partial charge in [0.1, 0.15) is 0 Å². The van der Waals surface area contributed by atoms with E-state index < -0.39 is 19.7 Å². The quantitative estimate of drug-likeness (QED) is 0.562. The molecule has 1 aromatic rings. The third kappa shape index (κ3) is 4.95. The van der Waals surface area contributed by atoms with Crippen molar-refractivity contribution >= 4 is 19.6 Å². The van der Waals surface area contributed by atoms with Gasteiger partial charge in [-0.05, 0) is 18.6 Å². The number of carbonyl (C=O) groups is 1. The Bertz CT molecular complexity index is 483. The third-order valence-electron chi connectivity index (χ3n) is 2.07. The van der Waals surface area contributed by atoms with Crippen LogP contribution in [0.4, 0.5) is 0 Å². The Hall–Kier alpha value is -1.42. The summed E-state index contributed by atoms with van der Waals surface area (Å²) < 4.78 is 10.8. The molecule has 5 nitrogen and oxygen atoms in total. The van der Waals surface area contributed by atoms with E-state index in [0.717, 1.165) is 5.56 Å². The molecule has 0 heterocycles. The molecule has 17 heavy (non-hydrogen) atoms. The maximum absolute atomic E-state index is 10.8. The van der Waals surface area contributed by atoms with Crippen LogP contribution < -0.4 is 0 Å². The zero-order valence-electron chi connectivity index (χ0n) is 9.20. The van der Waals surface area contributed by atoms with E-state index in [4.69, 9.17) is 14.9 Å². The van der Waals surface area contributed by atoms with Crippen molar-refractivity contribution in [2.45, 2.75) is 6.92 Å². The lowest BCUT2D eigenvalue weighted by atomic mass is 10.1. The van der Waals surface area contributed by atoms with Gasteiger partial charge in [-0.25, -0.2) is 4.79 Å². The Morgan fingerprint density at radius 3 is 2.24 bits per heavy atom. The van der Waals surface area contributed by atoms with Crippen molar-refractivity contribution in [3.05, 3.63) is 41.0 Å². The summed E-state index contributed by atoms with van der Waals surface area (Å²) in [5, 5.41) is 8.84. The number of hydrogen-bond donors (Lipinski definition) is 3. The Morgan fingerprint density at radius 1 is 1.29 bits per heavy atom. The summed E-state index contributed by atoms with van der Waals surface area (Å²) in [6.07, 6.45) is 0.497. The van der Waals surface area contributed by atoms with Gasteiger partial charge in [-0.2, -0.15) is 0 Å². The van der Waals surface area contributed by atoms with E-state index in [1.807, 2.05) is 6.92 Å². The average Bonchev–Trinajstić information content (AvgIpc) is 2.18. The van der Waals surface area contributed by atoms with E-state index in [2.05, 4.69) is 0 Å². The molecule has 0 spiro atoms. The van der Waals surface area contributed by atoms with Gasteiger partial charge in [0, 0.05) is 5.57 Å². The fourth-order valence-electron chi connectivity index (χ4n) is 1.26. The average molecular weight is 256 g/mol. The molecule has 0 saturated carbocycles. The van der Waals surface area contributed by atoms with Crippen molar-refractivity contribution in [3.8, 4) is 0 Å². The second-order valence-electron chi connectivity index (χ2n) is 3.71. The number of aliphatic carboxylic acids is 1. The summed E-state index contributed by atoms with van der Waals surface area (Å²) in [4.78, 5) is 28.4. The highest BCUT2D eigenvalue weighted by Gasteiger charge is 2.20. The molecule has 0 radical (unpaired) electrons. The molecule has 0 aliphatic rings. The Morgan fingerprint density at radius 2 is 1.82 bits per heavy atom. The Kier molecular flexibility index (Phi) is 4.23. The van der Waals surface area contributed by atoms with Crippen LogP contribution in [0, 0.1) is 6.92 Å². The standard InChI is InChI=1S/C11H13O5P/c1-8-2-4-9(5-3-8)6-10(11(12)13)7-17(14,15)16/h2-6H,7H2,1H3,(H,12,13)(H2,14,15,16)/b10-6+. The molecule has 0 aliphatic carbocycles. The van der Waals surface area contributed by atoms with Gasteiger partial charge < -0.3 is 14.9 Å². The monoisotopic (exact) mass is 256 g/mol. The summed E-state index contributed by atoms with van der Waals surface area (Å²) in [7, 11) is -4.37. The zero-order chi connectivity index (χ0) is 13.1. The maximum Gasteiger partial charge on any atom is 0.332 e. The Balaban J connectivity index is 3.02. The lowest BCUT2D eigenvalue weighted by Crippen LogP contribution is -2.05. The van der Waals surface area contributed by atoms with Crippen LogP contribution in [0.3, 0.4) is 0 Å². The summed E-state index contributed by atoms with van der Waals surface area (Å²) in [6.45, 7) is 1.89. The first-order valence-corrected chi connectivity index (χ1v) is 6.63. The van der Waals surface area contributed by atoms with Gasteiger partial charge in [0.25, 0.3) is 0 Å². The van der Waals surface area contributed by atoms with Gasteiger partial charge in [0.05, 0.1) is 6.16 Å². The van der Waals surface area contributed by atoms with E-state index >= 15 is 0 Å². The van der Waals surface area contributed by atoms with Crippen LogP contribution in [0.1, 0.15) is 11.1 Å². The predicted molar refractivity (Wildman–Crippen MR) is 63.7 cm³/mol. The smallest absolute Gasteiger partial charge is 0.332 e. The highest BCUT2D eigenvalue weighted by molar-refractivity contribution is 7.52. The maximum atomic E-state index is 10.8. The molecule has 0 unspecified atom stereocenters. The van der Waals surface area contributed by atoms with Gasteiger partial charge in [-0.3, -0.25) is 4.57 Å². The minimum atomic E-state index is -4.37. The predicted octanol–water partition coefficient (Wildman–Crippen LogP) is 1.64. The fraction of sp³-hybridized carbons (Fsp3) is 0.182. The molecule has 92 valence electrons. The molecule has 0 aromatic heterocycles. The van der Waals surface area contributed by atoms with Crippen LogP contribution in [0.5, 0.6) is 0 Å². The number of carboxylic acid groups (broad SMARTS) is 1. The molecule has 0 amide bonds. The molecule has 0 atom stereocenters. The van der Waals surface area contributed by atoms with Crippen molar-refractivity contribution in [2.75, 3.05) is 6.16 Å². The van der Waals surface area contributed by atoms with Crippen molar-refractivity contribution < 1.29 is 24.3 Å². The summed E-state index contributed by atoms with van der Waals surface area (Å²) in [6, 6.07) is 6.97. The summed E-state index contributed by atoms with van der Waals surface area (Å²) in [5.74, 6) is -1.33. The first-order chi connectivity index (χ1) is 7.78. The molecule has 6 heteroatoms. The molecule has 0 saturated heterocycles. The number of benzene rings is 1. The van der Waals surface area contributed by atoms with E-state index in [1.165, 1.54) is 6.08 Å². The number of rotatable bonds is 4. The van der Waals surface area contributed by atoms with Gasteiger partial charge in [-0.15, -0.1) is 0 Å². The third-order valence-corrected chi connectivity index (χ3v) is 2.82. The van der Waals surface area contributed by atoms with Gasteiger partial charge in [0.15, 0.2) is 0 Å². The first kappa shape index (κ1) is 13.6. The van der Waals surface area contributed by atoms with Crippen LogP contribution in [0.25, 0.3) is 6.08 Å². The highest BCUT2D eigenvalue weighted by Crippen LogP contribution is 2.37. The fourth-order valence-corrected chi connectivity index (χ4v) is 1.93. The Labute approximate surface area is 98.6 Å². The molecule has 0 aliphatic heterocycles. The van der Waals surface area contributed by atoms with E-state index in [0.29, 0.717) is 5.56 Å². The van der Waals surface area contributed by atoms with Gasteiger partial charge >= 0.3 is 13.6 Å². The molecular weight excluding hydrogens is 243 g/mol. The topological polar surface area (TPSA) is 94.8 Å². The van der Waals surface area contributed by atoms with Crippen LogP contribution >= 0.6 is 7.60 Å². The van der Waals surface area contributed by atoms with Crippen molar-refractivity contribution in [3.63, 3.8) is 0 Å². The second-order valence-corrected chi connectivity index (χ2v) is 5.35. The molecular formula is C11H13O5P. The van der Waals surface area contributed by atoms with Crippen molar-refractivity contribution in [2.24, 2.45) is 0 Å². The lowest BCUT2D eigenvalue weighted by Gasteiger charge is -2.05. The molecule has 0 fully saturated rings. The van der Waals surface area contributed by atoms with Crippen LogP contribution in [-0.4, -0.2) is 27.0 Å². The minimum absolute atomic E-state index is 0.304. The van der Waals surface area contributed by atoms with E-state index in [9.17, 15) is 9.36 Å². The largest absolute Gasteiger partial charge is 0.478 e. The normalized spacial score (nSPS) is 12.5.